The Kier molecular flexibility index (Phi) is 3.45. The van der Waals surface area contributed by atoms with E-state index >= 15 is 0 Å². The average Bonchev–Trinajstić information content (AvgIpc) is 1.82. The van der Waals surface area contributed by atoms with Crippen LogP contribution in [0.5, 0.6) is 0 Å². The molecule has 0 saturated carbocycles. The first-order valence-electron chi connectivity index (χ1n) is 3.60. The third-order valence-electron chi connectivity index (χ3n) is 1.40. The summed E-state index contributed by atoms with van der Waals surface area (Å²) in [5.41, 5.74) is 1.14. The van der Waals surface area contributed by atoms with E-state index in [1.165, 1.54) is 0 Å². The summed E-state index contributed by atoms with van der Waals surface area (Å²) in [6.45, 7) is 1.79. The SMILES string of the molecule is CC(Cl)(Cl)Cc1cccc(Br)c1. The van der Waals surface area contributed by atoms with Gasteiger partial charge in [0.15, 0.2) is 0 Å². The fraction of sp³-hybridized carbons (Fsp3) is 0.333. The molecular weight excluding hydrogens is 259 g/mol. The molecule has 0 spiro atoms. The number of hydrogen-bond acceptors (Lipinski definition) is 0. The first kappa shape index (κ1) is 10.4. The number of hydrogen-bond donors (Lipinski definition) is 0. The van der Waals surface area contributed by atoms with Gasteiger partial charge in [0.05, 0.1) is 0 Å². The Morgan fingerprint density at radius 2 is 2.08 bits per heavy atom. The standard InChI is InChI=1S/C9H9BrCl2/c1-9(11,12)6-7-3-2-4-8(10)5-7/h2-5H,6H2,1H3. The minimum absolute atomic E-state index is 0.662. The summed E-state index contributed by atoms with van der Waals surface area (Å²) >= 11 is 15.1. The number of halogens is 3. The van der Waals surface area contributed by atoms with Gasteiger partial charge in [-0.25, -0.2) is 0 Å². The lowest BCUT2D eigenvalue weighted by Gasteiger charge is -2.12. The van der Waals surface area contributed by atoms with Crippen molar-refractivity contribution in [2.24, 2.45) is 0 Å². The van der Waals surface area contributed by atoms with Crippen LogP contribution in [0.4, 0.5) is 0 Å². The van der Waals surface area contributed by atoms with E-state index in [0.29, 0.717) is 6.42 Å². The van der Waals surface area contributed by atoms with Gasteiger partial charge in [-0.3, -0.25) is 0 Å². The molecule has 0 aliphatic heterocycles. The van der Waals surface area contributed by atoms with E-state index in [4.69, 9.17) is 23.2 Å². The molecule has 0 N–H and O–H groups in total. The van der Waals surface area contributed by atoms with Crippen LogP contribution in [-0.4, -0.2) is 4.33 Å². The van der Waals surface area contributed by atoms with Gasteiger partial charge in [-0.15, -0.1) is 23.2 Å². The van der Waals surface area contributed by atoms with Gasteiger partial charge in [0, 0.05) is 10.9 Å². The second-order valence-corrected chi connectivity index (χ2v) is 5.65. The maximum Gasteiger partial charge on any atom is 0.119 e. The van der Waals surface area contributed by atoms with Crippen molar-refractivity contribution in [2.45, 2.75) is 17.7 Å². The van der Waals surface area contributed by atoms with Crippen molar-refractivity contribution < 1.29 is 0 Å². The molecule has 12 heavy (non-hydrogen) atoms. The highest BCUT2D eigenvalue weighted by Crippen LogP contribution is 2.25. The molecule has 0 radical (unpaired) electrons. The molecule has 0 amide bonds. The van der Waals surface area contributed by atoms with Crippen molar-refractivity contribution in [3.05, 3.63) is 34.3 Å². The molecule has 0 nitrogen and oxygen atoms in total. The van der Waals surface area contributed by atoms with E-state index in [0.717, 1.165) is 10.0 Å². The van der Waals surface area contributed by atoms with Crippen molar-refractivity contribution in [1.82, 2.24) is 0 Å². The number of benzene rings is 1. The van der Waals surface area contributed by atoms with Crippen LogP contribution in [0.25, 0.3) is 0 Å². The van der Waals surface area contributed by atoms with E-state index in [1.54, 1.807) is 6.92 Å². The maximum absolute atomic E-state index is 5.87. The molecule has 0 fully saturated rings. The zero-order valence-electron chi connectivity index (χ0n) is 6.65. The molecule has 1 aromatic rings. The van der Waals surface area contributed by atoms with Crippen LogP contribution in [0.1, 0.15) is 12.5 Å². The molecule has 0 aliphatic carbocycles. The van der Waals surface area contributed by atoms with Gasteiger partial charge >= 0.3 is 0 Å². The van der Waals surface area contributed by atoms with Crippen molar-refractivity contribution >= 4 is 39.1 Å². The fourth-order valence-corrected chi connectivity index (χ4v) is 1.76. The lowest BCUT2D eigenvalue weighted by molar-refractivity contribution is 0.853. The van der Waals surface area contributed by atoms with Gasteiger partial charge in [-0.1, -0.05) is 28.1 Å². The van der Waals surface area contributed by atoms with Crippen LogP contribution in [0, 0.1) is 0 Å². The van der Waals surface area contributed by atoms with E-state index in [-0.39, 0.29) is 0 Å². The van der Waals surface area contributed by atoms with E-state index in [1.807, 2.05) is 24.3 Å². The quantitative estimate of drug-likeness (QED) is 0.705. The zero-order chi connectivity index (χ0) is 9.19. The van der Waals surface area contributed by atoms with Crippen LogP contribution < -0.4 is 0 Å². The summed E-state index contributed by atoms with van der Waals surface area (Å²) in [6.07, 6.45) is 0.662. The predicted octanol–water partition coefficient (Wildman–Crippen LogP) is 4.19. The van der Waals surface area contributed by atoms with Crippen LogP contribution in [0.2, 0.25) is 0 Å². The molecule has 1 aromatic carbocycles. The van der Waals surface area contributed by atoms with Crippen LogP contribution in [-0.2, 0) is 6.42 Å². The van der Waals surface area contributed by atoms with Crippen molar-refractivity contribution in [1.29, 1.82) is 0 Å². The normalized spacial score (nSPS) is 11.7. The van der Waals surface area contributed by atoms with Gasteiger partial charge in [0.2, 0.25) is 0 Å². The highest BCUT2D eigenvalue weighted by atomic mass is 79.9. The van der Waals surface area contributed by atoms with Crippen LogP contribution >= 0.6 is 39.1 Å². The Bertz CT molecular complexity index is 265. The summed E-state index contributed by atoms with van der Waals surface area (Å²) in [5.74, 6) is 0. The minimum atomic E-state index is -0.680. The monoisotopic (exact) mass is 266 g/mol. The molecule has 0 aromatic heterocycles. The molecule has 0 aliphatic rings. The largest absolute Gasteiger partial charge is 0.119 e. The summed E-state index contributed by atoms with van der Waals surface area (Å²) in [4.78, 5) is 0. The van der Waals surface area contributed by atoms with Crippen molar-refractivity contribution in [3.8, 4) is 0 Å². The second kappa shape index (κ2) is 3.99. The summed E-state index contributed by atoms with van der Waals surface area (Å²) in [7, 11) is 0. The molecular formula is C9H9BrCl2. The highest BCUT2D eigenvalue weighted by molar-refractivity contribution is 9.10. The van der Waals surface area contributed by atoms with E-state index in [9.17, 15) is 0 Å². The maximum atomic E-state index is 5.87. The predicted molar refractivity (Wildman–Crippen MR) is 58.0 cm³/mol. The van der Waals surface area contributed by atoms with Gasteiger partial charge in [-0.2, -0.15) is 0 Å². The van der Waals surface area contributed by atoms with Crippen molar-refractivity contribution in [2.75, 3.05) is 0 Å². The molecule has 0 bridgehead atoms. The first-order valence-corrected chi connectivity index (χ1v) is 5.14. The Hall–Kier alpha value is 0.280. The molecule has 0 atom stereocenters. The number of alkyl halides is 2. The van der Waals surface area contributed by atoms with Gasteiger partial charge in [0.1, 0.15) is 4.33 Å². The minimum Gasteiger partial charge on any atom is -0.102 e. The summed E-state index contributed by atoms with van der Waals surface area (Å²) in [5, 5.41) is 0. The third-order valence-corrected chi connectivity index (χ3v) is 2.16. The third kappa shape index (κ3) is 3.79. The van der Waals surface area contributed by atoms with Gasteiger partial charge < -0.3 is 0 Å². The lowest BCUT2D eigenvalue weighted by Crippen LogP contribution is -2.09. The number of rotatable bonds is 2. The van der Waals surface area contributed by atoms with Crippen LogP contribution in [0.3, 0.4) is 0 Å². The molecule has 0 saturated heterocycles. The Morgan fingerprint density at radius 1 is 1.42 bits per heavy atom. The summed E-state index contributed by atoms with van der Waals surface area (Å²) < 4.78 is 0.374. The van der Waals surface area contributed by atoms with E-state index in [2.05, 4.69) is 15.9 Å². The lowest BCUT2D eigenvalue weighted by atomic mass is 10.1. The molecule has 3 heteroatoms. The Balaban J connectivity index is 2.77. The van der Waals surface area contributed by atoms with E-state index < -0.39 is 4.33 Å². The van der Waals surface area contributed by atoms with Crippen molar-refractivity contribution in [3.63, 3.8) is 0 Å². The van der Waals surface area contributed by atoms with Crippen LogP contribution in [0.15, 0.2) is 28.7 Å². The fourth-order valence-electron chi connectivity index (χ4n) is 1.01. The Morgan fingerprint density at radius 3 is 2.58 bits per heavy atom. The zero-order valence-corrected chi connectivity index (χ0v) is 9.75. The average molecular weight is 268 g/mol. The van der Waals surface area contributed by atoms with Gasteiger partial charge in [0.25, 0.3) is 0 Å². The molecule has 66 valence electrons. The second-order valence-electron chi connectivity index (χ2n) is 2.88. The smallest absolute Gasteiger partial charge is 0.102 e. The molecule has 0 unspecified atom stereocenters. The molecule has 1 rings (SSSR count). The van der Waals surface area contributed by atoms with Gasteiger partial charge in [-0.05, 0) is 24.6 Å². The Labute approximate surface area is 91.0 Å². The first-order chi connectivity index (χ1) is 5.47. The summed E-state index contributed by atoms with van der Waals surface area (Å²) in [6, 6.07) is 7.97. The molecule has 0 heterocycles. The topological polar surface area (TPSA) is 0 Å². The highest BCUT2D eigenvalue weighted by Gasteiger charge is 2.16.